The van der Waals surface area contributed by atoms with Crippen LogP contribution in [0.1, 0.15) is 5.56 Å². The zero-order valence-corrected chi connectivity index (χ0v) is 7.74. The number of halogens is 1. The average molecular weight is 188 g/mol. The SMILES string of the molecule is Cc1cccc(-c2ccnnc2)c1F. The summed E-state index contributed by atoms with van der Waals surface area (Å²) < 4.78 is 13.6. The van der Waals surface area contributed by atoms with Gasteiger partial charge in [0.05, 0.1) is 12.4 Å². The predicted octanol–water partition coefficient (Wildman–Crippen LogP) is 2.59. The standard InChI is InChI=1S/C11H9FN2/c1-8-3-2-4-10(11(8)12)9-5-6-13-14-7-9/h2-7H,1H3. The summed E-state index contributed by atoms with van der Waals surface area (Å²) in [4.78, 5) is 0. The van der Waals surface area contributed by atoms with Gasteiger partial charge in [-0.2, -0.15) is 10.2 Å². The molecule has 0 saturated heterocycles. The van der Waals surface area contributed by atoms with Crippen LogP contribution in [0.4, 0.5) is 4.39 Å². The molecule has 3 heteroatoms. The van der Waals surface area contributed by atoms with Crippen LogP contribution in [0.5, 0.6) is 0 Å². The molecule has 0 N–H and O–H groups in total. The van der Waals surface area contributed by atoms with Gasteiger partial charge >= 0.3 is 0 Å². The van der Waals surface area contributed by atoms with Crippen LogP contribution >= 0.6 is 0 Å². The van der Waals surface area contributed by atoms with E-state index in [0.29, 0.717) is 11.1 Å². The van der Waals surface area contributed by atoms with Gasteiger partial charge in [-0.3, -0.25) is 0 Å². The Balaban J connectivity index is 2.58. The summed E-state index contributed by atoms with van der Waals surface area (Å²) in [6, 6.07) is 7.05. The maximum Gasteiger partial charge on any atom is 0.133 e. The average Bonchev–Trinajstić information content (AvgIpc) is 2.23. The zero-order chi connectivity index (χ0) is 9.97. The second kappa shape index (κ2) is 3.54. The lowest BCUT2D eigenvalue weighted by Gasteiger charge is -2.03. The van der Waals surface area contributed by atoms with Gasteiger partial charge in [-0.1, -0.05) is 18.2 Å². The minimum atomic E-state index is -0.194. The van der Waals surface area contributed by atoms with Crippen LogP contribution in [0.3, 0.4) is 0 Å². The third kappa shape index (κ3) is 1.48. The monoisotopic (exact) mass is 188 g/mol. The van der Waals surface area contributed by atoms with Crippen molar-refractivity contribution < 1.29 is 4.39 Å². The summed E-state index contributed by atoms with van der Waals surface area (Å²) in [7, 11) is 0. The number of hydrogen-bond donors (Lipinski definition) is 0. The second-order valence-corrected chi connectivity index (χ2v) is 3.07. The van der Waals surface area contributed by atoms with Crippen molar-refractivity contribution in [1.82, 2.24) is 10.2 Å². The van der Waals surface area contributed by atoms with E-state index in [0.717, 1.165) is 5.56 Å². The molecule has 2 nitrogen and oxygen atoms in total. The smallest absolute Gasteiger partial charge is 0.133 e. The van der Waals surface area contributed by atoms with Crippen molar-refractivity contribution in [3.8, 4) is 11.1 Å². The molecule has 2 aromatic rings. The highest BCUT2D eigenvalue weighted by Gasteiger charge is 2.06. The summed E-state index contributed by atoms with van der Waals surface area (Å²) in [5.74, 6) is -0.194. The van der Waals surface area contributed by atoms with Gasteiger partial charge in [0.2, 0.25) is 0 Å². The number of aryl methyl sites for hydroxylation is 1. The van der Waals surface area contributed by atoms with Gasteiger partial charge in [-0.05, 0) is 18.6 Å². The number of aromatic nitrogens is 2. The fourth-order valence-corrected chi connectivity index (χ4v) is 1.32. The highest BCUT2D eigenvalue weighted by molar-refractivity contribution is 5.63. The maximum absolute atomic E-state index is 13.6. The second-order valence-electron chi connectivity index (χ2n) is 3.07. The molecule has 1 heterocycles. The van der Waals surface area contributed by atoms with Crippen LogP contribution in [-0.4, -0.2) is 10.2 Å². The molecule has 1 aromatic heterocycles. The Hall–Kier alpha value is -1.77. The molecule has 0 aliphatic rings. The Kier molecular flexibility index (Phi) is 2.23. The largest absolute Gasteiger partial charge is 0.206 e. The molecule has 14 heavy (non-hydrogen) atoms. The third-order valence-electron chi connectivity index (χ3n) is 2.09. The summed E-state index contributed by atoms with van der Waals surface area (Å²) in [5.41, 5.74) is 1.96. The molecular weight excluding hydrogens is 179 g/mol. The van der Waals surface area contributed by atoms with Crippen molar-refractivity contribution in [3.63, 3.8) is 0 Å². The van der Waals surface area contributed by atoms with Crippen molar-refractivity contribution in [2.45, 2.75) is 6.92 Å². The fraction of sp³-hybridized carbons (Fsp3) is 0.0909. The summed E-state index contributed by atoms with van der Waals surface area (Å²) in [5, 5.41) is 7.37. The molecule has 70 valence electrons. The molecule has 0 radical (unpaired) electrons. The van der Waals surface area contributed by atoms with E-state index in [1.54, 1.807) is 37.5 Å². The molecule has 0 aliphatic carbocycles. The Labute approximate surface area is 81.4 Å². The highest BCUT2D eigenvalue weighted by Crippen LogP contribution is 2.22. The fourth-order valence-electron chi connectivity index (χ4n) is 1.32. The number of rotatable bonds is 1. The van der Waals surface area contributed by atoms with Crippen LogP contribution in [0.25, 0.3) is 11.1 Å². The van der Waals surface area contributed by atoms with E-state index in [1.807, 2.05) is 6.07 Å². The van der Waals surface area contributed by atoms with Crippen LogP contribution in [0, 0.1) is 12.7 Å². The highest BCUT2D eigenvalue weighted by atomic mass is 19.1. The molecule has 0 spiro atoms. The minimum Gasteiger partial charge on any atom is -0.206 e. The molecule has 0 fully saturated rings. The quantitative estimate of drug-likeness (QED) is 0.687. The minimum absolute atomic E-state index is 0.194. The lowest BCUT2D eigenvalue weighted by atomic mass is 10.1. The van der Waals surface area contributed by atoms with Gasteiger partial charge in [0.15, 0.2) is 0 Å². The Morgan fingerprint density at radius 1 is 1.14 bits per heavy atom. The molecule has 0 aliphatic heterocycles. The van der Waals surface area contributed by atoms with Crippen molar-refractivity contribution in [3.05, 3.63) is 48.0 Å². The third-order valence-corrected chi connectivity index (χ3v) is 2.09. The normalized spacial score (nSPS) is 10.1. The number of nitrogens with zero attached hydrogens (tertiary/aromatic N) is 2. The molecule has 0 atom stereocenters. The summed E-state index contributed by atoms with van der Waals surface area (Å²) in [6.45, 7) is 1.74. The first-order valence-electron chi connectivity index (χ1n) is 4.31. The van der Waals surface area contributed by atoms with Crippen LogP contribution in [0.15, 0.2) is 36.7 Å². The number of hydrogen-bond acceptors (Lipinski definition) is 2. The Morgan fingerprint density at radius 2 is 2.00 bits per heavy atom. The van der Waals surface area contributed by atoms with Crippen molar-refractivity contribution in [2.24, 2.45) is 0 Å². The zero-order valence-electron chi connectivity index (χ0n) is 7.74. The first kappa shape index (κ1) is 8.81. The molecule has 0 saturated carbocycles. The van der Waals surface area contributed by atoms with E-state index in [1.165, 1.54) is 0 Å². The van der Waals surface area contributed by atoms with Crippen molar-refractivity contribution in [2.75, 3.05) is 0 Å². The van der Waals surface area contributed by atoms with Crippen LogP contribution < -0.4 is 0 Å². The van der Waals surface area contributed by atoms with Gasteiger partial charge in [-0.15, -0.1) is 0 Å². The molecular formula is C11H9FN2. The molecule has 0 bridgehead atoms. The lowest BCUT2D eigenvalue weighted by Crippen LogP contribution is -1.89. The van der Waals surface area contributed by atoms with Crippen molar-refractivity contribution in [1.29, 1.82) is 0 Å². The predicted molar refractivity (Wildman–Crippen MR) is 52.2 cm³/mol. The topological polar surface area (TPSA) is 25.8 Å². The lowest BCUT2D eigenvalue weighted by molar-refractivity contribution is 0.622. The first-order valence-corrected chi connectivity index (χ1v) is 4.31. The van der Waals surface area contributed by atoms with Gasteiger partial charge in [-0.25, -0.2) is 4.39 Å². The summed E-state index contributed by atoms with van der Waals surface area (Å²) >= 11 is 0. The Morgan fingerprint density at radius 3 is 2.71 bits per heavy atom. The molecule has 1 aromatic carbocycles. The van der Waals surface area contributed by atoms with E-state index in [9.17, 15) is 4.39 Å². The Bertz CT molecular complexity index is 440. The van der Waals surface area contributed by atoms with Gasteiger partial charge < -0.3 is 0 Å². The van der Waals surface area contributed by atoms with E-state index in [-0.39, 0.29) is 5.82 Å². The molecule has 0 unspecified atom stereocenters. The maximum atomic E-state index is 13.6. The van der Waals surface area contributed by atoms with Crippen LogP contribution in [-0.2, 0) is 0 Å². The molecule has 2 rings (SSSR count). The van der Waals surface area contributed by atoms with E-state index < -0.39 is 0 Å². The van der Waals surface area contributed by atoms with Gasteiger partial charge in [0.1, 0.15) is 5.82 Å². The first-order chi connectivity index (χ1) is 6.79. The van der Waals surface area contributed by atoms with E-state index >= 15 is 0 Å². The van der Waals surface area contributed by atoms with Crippen LogP contribution in [0.2, 0.25) is 0 Å². The van der Waals surface area contributed by atoms with Gasteiger partial charge in [0, 0.05) is 11.1 Å². The van der Waals surface area contributed by atoms with Gasteiger partial charge in [0.25, 0.3) is 0 Å². The summed E-state index contributed by atoms with van der Waals surface area (Å²) in [6.07, 6.45) is 3.11. The molecule has 0 amide bonds. The van der Waals surface area contributed by atoms with E-state index in [2.05, 4.69) is 10.2 Å². The van der Waals surface area contributed by atoms with Crippen molar-refractivity contribution >= 4 is 0 Å². The number of benzene rings is 1. The van der Waals surface area contributed by atoms with E-state index in [4.69, 9.17) is 0 Å².